The summed E-state index contributed by atoms with van der Waals surface area (Å²) in [5.74, 6) is -5.97. The minimum absolute atomic E-state index is 0.616. The molecule has 11 nitrogen and oxygen atoms in total. The van der Waals surface area contributed by atoms with Crippen LogP contribution in [0.5, 0.6) is 0 Å². The van der Waals surface area contributed by atoms with Crippen molar-refractivity contribution in [2.75, 3.05) is 6.61 Å². The van der Waals surface area contributed by atoms with Crippen LogP contribution in [0.25, 0.3) is 0 Å². The molecular weight excluding hydrogens is 330 g/mol. The van der Waals surface area contributed by atoms with Gasteiger partial charge in [-0.3, -0.25) is 9.59 Å². The SMILES string of the molecule is CC(=O)NC1C(O)C[C@@](O)(C(=O)O)OC1C(O)C(O)COC(C)=O. The minimum Gasteiger partial charge on any atom is -0.477 e. The maximum Gasteiger partial charge on any atom is 0.364 e. The zero-order chi connectivity index (χ0) is 18.7. The Balaban J connectivity index is 3.01. The molecular formula is C13H21NO10. The van der Waals surface area contributed by atoms with Crippen LogP contribution >= 0.6 is 0 Å². The third-order valence-electron chi connectivity index (χ3n) is 3.48. The molecule has 1 rings (SSSR count). The van der Waals surface area contributed by atoms with Crippen molar-refractivity contribution in [3.8, 4) is 0 Å². The van der Waals surface area contributed by atoms with Crippen LogP contribution in [0.15, 0.2) is 0 Å². The van der Waals surface area contributed by atoms with Gasteiger partial charge in [0.15, 0.2) is 0 Å². The predicted octanol–water partition coefficient (Wildman–Crippen LogP) is -3.30. The average Bonchev–Trinajstić information content (AvgIpc) is 2.46. The molecule has 6 N–H and O–H groups in total. The molecule has 1 fully saturated rings. The van der Waals surface area contributed by atoms with Gasteiger partial charge in [-0.2, -0.15) is 0 Å². The van der Waals surface area contributed by atoms with E-state index in [-0.39, 0.29) is 0 Å². The van der Waals surface area contributed by atoms with Gasteiger partial charge < -0.3 is 40.3 Å². The van der Waals surface area contributed by atoms with E-state index in [9.17, 15) is 34.8 Å². The summed E-state index contributed by atoms with van der Waals surface area (Å²) in [6.07, 6.45) is -7.61. The van der Waals surface area contributed by atoms with E-state index in [1.54, 1.807) is 0 Å². The molecule has 0 bridgehead atoms. The van der Waals surface area contributed by atoms with Crippen molar-refractivity contribution in [2.24, 2.45) is 0 Å². The lowest BCUT2D eigenvalue weighted by atomic mass is 9.88. The summed E-state index contributed by atoms with van der Waals surface area (Å²) in [6, 6.07) is -1.30. The average molecular weight is 351 g/mol. The van der Waals surface area contributed by atoms with E-state index in [1.807, 2.05) is 0 Å². The second-order valence-electron chi connectivity index (χ2n) is 5.53. The third-order valence-corrected chi connectivity index (χ3v) is 3.48. The van der Waals surface area contributed by atoms with Gasteiger partial charge in [-0.1, -0.05) is 0 Å². The second kappa shape index (κ2) is 7.85. The number of aliphatic carboxylic acids is 1. The van der Waals surface area contributed by atoms with Gasteiger partial charge in [0, 0.05) is 20.3 Å². The Hall–Kier alpha value is -1.79. The first-order valence-electron chi connectivity index (χ1n) is 7.06. The quantitative estimate of drug-likeness (QED) is 0.265. The highest BCUT2D eigenvalue weighted by Gasteiger charge is 2.53. The lowest BCUT2D eigenvalue weighted by Crippen LogP contribution is -2.67. The van der Waals surface area contributed by atoms with Crippen LogP contribution in [0.4, 0.5) is 0 Å². The Morgan fingerprint density at radius 2 is 1.92 bits per heavy atom. The van der Waals surface area contributed by atoms with Gasteiger partial charge in [0.1, 0.15) is 24.9 Å². The Morgan fingerprint density at radius 3 is 2.38 bits per heavy atom. The number of esters is 1. The molecule has 0 aromatic heterocycles. The molecule has 0 saturated carbocycles. The molecule has 1 amide bonds. The number of carboxylic acids is 1. The molecule has 0 radical (unpaired) electrons. The first-order valence-corrected chi connectivity index (χ1v) is 7.06. The van der Waals surface area contributed by atoms with E-state index >= 15 is 0 Å². The van der Waals surface area contributed by atoms with Crippen molar-refractivity contribution in [2.45, 2.75) is 56.5 Å². The second-order valence-corrected chi connectivity index (χ2v) is 5.53. The van der Waals surface area contributed by atoms with Crippen molar-refractivity contribution in [1.29, 1.82) is 0 Å². The summed E-state index contributed by atoms with van der Waals surface area (Å²) in [5.41, 5.74) is 0. The van der Waals surface area contributed by atoms with Crippen molar-refractivity contribution in [3.05, 3.63) is 0 Å². The largest absolute Gasteiger partial charge is 0.477 e. The van der Waals surface area contributed by atoms with Crippen LogP contribution in [0.1, 0.15) is 20.3 Å². The number of nitrogens with one attached hydrogen (secondary N) is 1. The van der Waals surface area contributed by atoms with E-state index in [2.05, 4.69) is 10.1 Å². The minimum atomic E-state index is -2.82. The van der Waals surface area contributed by atoms with E-state index in [4.69, 9.17) is 9.84 Å². The summed E-state index contributed by atoms with van der Waals surface area (Å²) >= 11 is 0. The molecule has 0 spiro atoms. The van der Waals surface area contributed by atoms with E-state index in [0.29, 0.717) is 0 Å². The zero-order valence-corrected chi connectivity index (χ0v) is 13.1. The summed E-state index contributed by atoms with van der Waals surface area (Å²) < 4.78 is 9.46. The Bertz CT molecular complexity index is 497. The number of hydrogen-bond acceptors (Lipinski definition) is 9. The monoisotopic (exact) mass is 351 g/mol. The highest BCUT2D eigenvalue weighted by atomic mass is 16.7. The van der Waals surface area contributed by atoms with Crippen LogP contribution in [0.2, 0.25) is 0 Å². The smallest absolute Gasteiger partial charge is 0.364 e. The molecule has 0 aliphatic carbocycles. The molecule has 1 heterocycles. The first-order chi connectivity index (χ1) is 11.0. The zero-order valence-electron chi connectivity index (χ0n) is 13.1. The number of rotatable bonds is 6. The molecule has 5 unspecified atom stereocenters. The number of aliphatic hydroxyl groups is 4. The molecule has 1 saturated heterocycles. The summed E-state index contributed by atoms with van der Waals surface area (Å²) in [6.45, 7) is 1.55. The predicted molar refractivity (Wildman–Crippen MR) is 74.3 cm³/mol. The molecule has 0 aromatic carbocycles. The number of carboxylic acid groups (broad SMARTS) is 1. The fraction of sp³-hybridized carbons (Fsp3) is 0.769. The van der Waals surface area contributed by atoms with E-state index < -0.39 is 67.1 Å². The lowest BCUT2D eigenvalue weighted by molar-refractivity contribution is -0.295. The summed E-state index contributed by atoms with van der Waals surface area (Å²) in [5, 5.41) is 51.2. The molecule has 11 heteroatoms. The lowest BCUT2D eigenvalue weighted by Gasteiger charge is -2.44. The standard InChI is InChI=1S/C13H21NO10/c1-5(15)14-9-7(17)3-13(22,12(20)21)24-11(9)10(19)8(18)4-23-6(2)16/h7-11,17-19,22H,3-4H2,1-2H3,(H,14,15)(H,20,21)/t7?,8?,9?,10?,11?,13-/m0/s1. The van der Waals surface area contributed by atoms with Gasteiger partial charge in [0.25, 0.3) is 5.79 Å². The van der Waals surface area contributed by atoms with Crippen LogP contribution in [0.3, 0.4) is 0 Å². The Morgan fingerprint density at radius 1 is 1.33 bits per heavy atom. The van der Waals surface area contributed by atoms with E-state index in [0.717, 1.165) is 13.8 Å². The van der Waals surface area contributed by atoms with Gasteiger partial charge in [-0.25, -0.2) is 4.79 Å². The highest BCUT2D eigenvalue weighted by molar-refractivity contribution is 5.76. The molecule has 1 aliphatic rings. The van der Waals surface area contributed by atoms with Gasteiger partial charge >= 0.3 is 11.9 Å². The molecule has 6 atom stereocenters. The first kappa shape index (κ1) is 20.3. The van der Waals surface area contributed by atoms with Gasteiger partial charge in [0.05, 0.1) is 12.1 Å². The number of hydrogen-bond donors (Lipinski definition) is 6. The number of carbonyl (C=O) groups is 3. The summed E-state index contributed by atoms with van der Waals surface area (Å²) in [4.78, 5) is 33.1. The topological polar surface area (TPSA) is 183 Å². The fourth-order valence-corrected chi connectivity index (χ4v) is 2.33. The number of amides is 1. The Kier molecular flexibility index (Phi) is 6.63. The van der Waals surface area contributed by atoms with Gasteiger partial charge in [-0.15, -0.1) is 0 Å². The van der Waals surface area contributed by atoms with Crippen molar-refractivity contribution in [3.63, 3.8) is 0 Å². The fourth-order valence-electron chi connectivity index (χ4n) is 2.33. The van der Waals surface area contributed by atoms with Crippen LogP contribution in [-0.4, -0.2) is 86.2 Å². The third kappa shape index (κ3) is 4.85. The van der Waals surface area contributed by atoms with Crippen LogP contribution < -0.4 is 5.32 Å². The molecule has 138 valence electrons. The van der Waals surface area contributed by atoms with Gasteiger partial charge in [0.2, 0.25) is 5.91 Å². The van der Waals surface area contributed by atoms with Crippen LogP contribution in [0, 0.1) is 0 Å². The van der Waals surface area contributed by atoms with Crippen molar-refractivity contribution >= 4 is 17.8 Å². The van der Waals surface area contributed by atoms with Gasteiger partial charge in [-0.05, 0) is 0 Å². The van der Waals surface area contributed by atoms with Crippen LogP contribution in [-0.2, 0) is 23.9 Å². The van der Waals surface area contributed by atoms with Crippen molar-refractivity contribution in [1.82, 2.24) is 5.32 Å². The Labute approximate surface area is 136 Å². The summed E-state index contributed by atoms with van der Waals surface area (Å²) in [7, 11) is 0. The number of aliphatic hydroxyl groups excluding tert-OH is 3. The molecule has 1 aliphatic heterocycles. The normalized spacial score (nSPS) is 32.5. The number of carbonyl (C=O) groups excluding carboxylic acids is 2. The highest BCUT2D eigenvalue weighted by Crippen LogP contribution is 2.30. The van der Waals surface area contributed by atoms with E-state index in [1.165, 1.54) is 0 Å². The maximum absolute atomic E-state index is 11.2. The molecule has 0 aromatic rings. The molecule has 24 heavy (non-hydrogen) atoms. The van der Waals surface area contributed by atoms with Crippen molar-refractivity contribution < 1.29 is 49.4 Å². The number of ether oxygens (including phenoxy) is 2. The maximum atomic E-state index is 11.2.